The highest BCUT2D eigenvalue weighted by molar-refractivity contribution is 5.30. The van der Waals surface area contributed by atoms with E-state index in [1.807, 2.05) is 0 Å². The van der Waals surface area contributed by atoms with E-state index in [9.17, 15) is 0 Å². The number of hydrogen-bond donors (Lipinski definition) is 1. The Morgan fingerprint density at radius 3 is 3.00 bits per heavy atom. The number of likely N-dealkylation sites (N-methyl/N-ethyl adjacent to an activating group) is 1. The van der Waals surface area contributed by atoms with Crippen LogP contribution in [0, 0.1) is 0 Å². The molecular formula is C17H28N2O. The minimum absolute atomic E-state index is 0.376. The van der Waals surface area contributed by atoms with Crippen LogP contribution >= 0.6 is 0 Å². The highest BCUT2D eigenvalue weighted by atomic mass is 16.5. The normalized spacial score (nSPS) is 21.6. The van der Waals surface area contributed by atoms with Crippen molar-refractivity contribution in [2.24, 2.45) is 0 Å². The second-order valence-corrected chi connectivity index (χ2v) is 5.79. The molecule has 112 valence electrons. The first-order valence-electron chi connectivity index (χ1n) is 7.87. The molecule has 1 heterocycles. The van der Waals surface area contributed by atoms with Crippen molar-refractivity contribution in [3.63, 3.8) is 0 Å². The van der Waals surface area contributed by atoms with Gasteiger partial charge in [-0.15, -0.1) is 0 Å². The second kappa shape index (κ2) is 7.65. The molecule has 0 saturated carbocycles. The van der Waals surface area contributed by atoms with Gasteiger partial charge in [-0.05, 0) is 57.6 Å². The zero-order valence-electron chi connectivity index (χ0n) is 13.1. The summed E-state index contributed by atoms with van der Waals surface area (Å²) >= 11 is 0. The molecule has 1 aliphatic rings. The first kappa shape index (κ1) is 15.3. The van der Waals surface area contributed by atoms with Crippen molar-refractivity contribution in [2.75, 3.05) is 26.7 Å². The standard InChI is InChI=1S/C17H28N2O/c1-4-18-14(2)15-8-7-10-17(12-15)20-13-16-9-5-6-11-19(16)3/h7-8,10,12,14,16,18H,4-6,9,11,13H2,1-3H3. The highest BCUT2D eigenvalue weighted by Gasteiger charge is 2.19. The SMILES string of the molecule is CCNC(C)c1cccc(OCC2CCCCN2C)c1. The van der Waals surface area contributed by atoms with Crippen molar-refractivity contribution in [1.29, 1.82) is 0 Å². The predicted molar refractivity (Wildman–Crippen MR) is 84.3 cm³/mol. The fourth-order valence-corrected chi connectivity index (χ4v) is 2.84. The molecule has 20 heavy (non-hydrogen) atoms. The highest BCUT2D eigenvalue weighted by Crippen LogP contribution is 2.21. The molecule has 2 rings (SSSR count). The molecule has 0 aromatic heterocycles. The minimum Gasteiger partial charge on any atom is -0.492 e. The van der Waals surface area contributed by atoms with Crippen molar-refractivity contribution in [3.8, 4) is 5.75 Å². The van der Waals surface area contributed by atoms with Crippen molar-refractivity contribution < 1.29 is 4.74 Å². The van der Waals surface area contributed by atoms with Crippen LogP contribution in [0.2, 0.25) is 0 Å². The van der Waals surface area contributed by atoms with Crippen LogP contribution in [-0.4, -0.2) is 37.7 Å². The zero-order chi connectivity index (χ0) is 14.4. The quantitative estimate of drug-likeness (QED) is 0.863. The number of likely N-dealkylation sites (tertiary alicyclic amines) is 1. The Morgan fingerprint density at radius 1 is 1.40 bits per heavy atom. The lowest BCUT2D eigenvalue weighted by molar-refractivity contribution is 0.125. The van der Waals surface area contributed by atoms with Crippen LogP contribution < -0.4 is 10.1 Å². The Kier molecular flexibility index (Phi) is 5.86. The van der Waals surface area contributed by atoms with Gasteiger partial charge in [0.2, 0.25) is 0 Å². The molecule has 0 aliphatic carbocycles. The van der Waals surface area contributed by atoms with Gasteiger partial charge < -0.3 is 15.0 Å². The van der Waals surface area contributed by atoms with E-state index in [-0.39, 0.29) is 0 Å². The molecule has 1 aromatic rings. The Bertz CT molecular complexity index is 408. The third-order valence-electron chi connectivity index (χ3n) is 4.23. The molecular weight excluding hydrogens is 248 g/mol. The van der Waals surface area contributed by atoms with Crippen LogP contribution in [0.25, 0.3) is 0 Å². The van der Waals surface area contributed by atoms with Gasteiger partial charge in [0.25, 0.3) is 0 Å². The predicted octanol–water partition coefficient (Wildman–Crippen LogP) is 3.22. The van der Waals surface area contributed by atoms with Crippen LogP contribution in [-0.2, 0) is 0 Å². The lowest BCUT2D eigenvalue weighted by Gasteiger charge is -2.32. The molecule has 0 spiro atoms. The van der Waals surface area contributed by atoms with E-state index in [1.165, 1.54) is 31.4 Å². The van der Waals surface area contributed by atoms with E-state index in [0.717, 1.165) is 18.9 Å². The van der Waals surface area contributed by atoms with E-state index < -0.39 is 0 Å². The minimum atomic E-state index is 0.376. The Hall–Kier alpha value is -1.06. The van der Waals surface area contributed by atoms with Crippen LogP contribution in [0.3, 0.4) is 0 Å². The monoisotopic (exact) mass is 276 g/mol. The molecule has 1 saturated heterocycles. The summed E-state index contributed by atoms with van der Waals surface area (Å²) in [5.41, 5.74) is 1.29. The van der Waals surface area contributed by atoms with E-state index in [4.69, 9.17) is 4.74 Å². The van der Waals surface area contributed by atoms with Gasteiger partial charge in [0.15, 0.2) is 0 Å². The van der Waals surface area contributed by atoms with Gasteiger partial charge in [0.05, 0.1) is 0 Å². The van der Waals surface area contributed by atoms with Crippen molar-refractivity contribution in [2.45, 2.75) is 45.2 Å². The lowest BCUT2D eigenvalue weighted by Crippen LogP contribution is -2.40. The Morgan fingerprint density at radius 2 is 2.25 bits per heavy atom. The van der Waals surface area contributed by atoms with Gasteiger partial charge >= 0.3 is 0 Å². The third kappa shape index (κ3) is 4.22. The van der Waals surface area contributed by atoms with Gasteiger partial charge in [-0.1, -0.05) is 25.5 Å². The first-order chi connectivity index (χ1) is 9.70. The van der Waals surface area contributed by atoms with E-state index in [1.54, 1.807) is 0 Å². The second-order valence-electron chi connectivity index (χ2n) is 5.79. The summed E-state index contributed by atoms with van der Waals surface area (Å²) in [6.45, 7) is 7.31. The average Bonchev–Trinajstić information content (AvgIpc) is 2.47. The molecule has 1 N–H and O–H groups in total. The summed E-state index contributed by atoms with van der Waals surface area (Å²) in [5.74, 6) is 0.992. The number of nitrogens with zero attached hydrogens (tertiary/aromatic N) is 1. The van der Waals surface area contributed by atoms with Crippen molar-refractivity contribution >= 4 is 0 Å². The van der Waals surface area contributed by atoms with Crippen LogP contribution in [0.4, 0.5) is 0 Å². The lowest BCUT2D eigenvalue weighted by atomic mass is 10.0. The number of hydrogen-bond acceptors (Lipinski definition) is 3. The maximum absolute atomic E-state index is 6.02. The molecule has 0 bridgehead atoms. The van der Waals surface area contributed by atoms with Gasteiger partial charge in [-0.2, -0.15) is 0 Å². The van der Waals surface area contributed by atoms with E-state index in [0.29, 0.717) is 12.1 Å². The number of nitrogens with one attached hydrogen (secondary N) is 1. The molecule has 0 amide bonds. The molecule has 1 aliphatic heterocycles. The third-order valence-corrected chi connectivity index (χ3v) is 4.23. The van der Waals surface area contributed by atoms with Crippen molar-refractivity contribution in [1.82, 2.24) is 10.2 Å². The average molecular weight is 276 g/mol. The number of rotatable bonds is 6. The summed E-state index contributed by atoms with van der Waals surface area (Å²) in [6.07, 6.45) is 3.91. The van der Waals surface area contributed by atoms with Crippen LogP contribution in [0.5, 0.6) is 5.75 Å². The summed E-state index contributed by atoms with van der Waals surface area (Å²) < 4.78 is 6.02. The van der Waals surface area contributed by atoms with Crippen LogP contribution in [0.1, 0.15) is 44.7 Å². The largest absolute Gasteiger partial charge is 0.492 e. The molecule has 2 atom stereocenters. The van der Waals surface area contributed by atoms with Gasteiger partial charge in [0, 0.05) is 12.1 Å². The smallest absolute Gasteiger partial charge is 0.119 e. The fourth-order valence-electron chi connectivity index (χ4n) is 2.84. The summed E-state index contributed by atoms with van der Waals surface area (Å²) in [5, 5.41) is 3.44. The molecule has 1 aromatic carbocycles. The summed E-state index contributed by atoms with van der Waals surface area (Å²) in [7, 11) is 2.21. The van der Waals surface area contributed by atoms with E-state index >= 15 is 0 Å². The maximum atomic E-state index is 6.02. The topological polar surface area (TPSA) is 24.5 Å². The molecule has 3 heteroatoms. The molecule has 2 unspecified atom stereocenters. The van der Waals surface area contributed by atoms with Gasteiger partial charge in [-0.3, -0.25) is 0 Å². The van der Waals surface area contributed by atoms with Gasteiger partial charge in [0.1, 0.15) is 12.4 Å². The summed E-state index contributed by atoms with van der Waals surface area (Å²) in [6, 6.07) is 9.41. The Labute approximate surface area is 123 Å². The summed E-state index contributed by atoms with van der Waals surface area (Å²) in [4.78, 5) is 2.43. The fraction of sp³-hybridized carbons (Fsp3) is 0.647. The Balaban J connectivity index is 1.90. The maximum Gasteiger partial charge on any atom is 0.119 e. The number of ether oxygens (including phenoxy) is 1. The van der Waals surface area contributed by atoms with Gasteiger partial charge in [-0.25, -0.2) is 0 Å². The molecule has 1 fully saturated rings. The van der Waals surface area contributed by atoms with Crippen molar-refractivity contribution in [3.05, 3.63) is 29.8 Å². The van der Waals surface area contributed by atoms with Crippen LogP contribution in [0.15, 0.2) is 24.3 Å². The molecule has 3 nitrogen and oxygen atoms in total. The number of piperidine rings is 1. The first-order valence-corrected chi connectivity index (χ1v) is 7.87. The zero-order valence-corrected chi connectivity index (χ0v) is 13.1. The number of benzene rings is 1. The van der Waals surface area contributed by atoms with E-state index in [2.05, 4.69) is 55.4 Å². The molecule has 0 radical (unpaired) electrons.